The normalized spacial score (nSPS) is 29.1. The van der Waals surface area contributed by atoms with Crippen LogP contribution < -0.4 is 5.32 Å². The minimum Gasteiger partial charge on any atom is -0.392 e. The topological polar surface area (TPSA) is 44.6 Å². The van der Waals surface area contributed by atoms with Gasteiger partial charge in [-0.15, -0.1) is 11.8 Å². The number of aliphatic hydroxyl groups is 1. The first-order chi connectivity index (χ1) is 7.22. The van der Waals surface area contributed by atoms with Crippen LogP contribution in [0.3, 0.4) is 0 Å². The van der Waals surface area contributed by atoms with Crippen LogP contribution in [0.15, 0.2) is 28.5 Å². The fourth-order valence-electron chi connectivity index (χ4n) is 1.51. The Morgan fingerprint density at radius 2 is 2.40 bits per heavy atom. The number of nitrogens with zero attached hydrogens (tertiary/aromatic N) is 1. The highest BCUT2D eigenvalue weighted by molar-refractivity contribution is 8.13. The number of hydrogen-bond donors (Lipinski definition) is 2. The maximum Gasteiger partial charge on any atom is 0.0760 e. The zero-order valence-electron chi connectivity index (χ0n) is 9.45. The van der Waals surface area contributed by atoms with Crippen LogP contribution >= 0.6 is 11.8 Å². The number of hydrogen-bond acceptors (Lipinski definition) is 4. The first-order valence-corrected chi connectivity index (χ1v) is 6.25. The molecule has 0 aromatic heterocycles. The van der Waals surface area contributed by atoms with Gasteiger partial charge in [-0.2, -0.15) is 0 Å². The molecule has 0 spiro atoms. The molecule has 0 aromatic rings. The van der Waals surface area contributed by atoms with E-state index in [1.54, 1.807) is 18.0 Å². The van der Waals surface area contributed by atoms with Crippen LogP contribution in [-0.2, 0) is 0 Å². The number of aliphatic imine (C=N–C) groups is 1. The molecule has 0 saturated heterocycles. The molecule has 0 fully saturated rings. The molecule has 1 aliphatic heterocycles. The smallest absolute Gasteiger partial charge is 0.0760 e. The SMILES string of the molecule is CNC1=C\CC(C)C(SC)=N/C=C\1CO. The Morgan fingerprint density at radius 3 is 2.93 bits per heavy atom. The average Bonchev–Trinajstić information content (AvgIpc) is 2.24. The molecule has 84 valence electrons. The Labute approximate surface area is 95.4 Å². The van der Waals surface area contributed by atoms with Gasteiger partial charge in [-0.05, 0) is 12.7 Å². The zero-order valence-corrected chi connectivity index (χ0v) is 10.3. The Morgan fingerprint density at radius 1 is 1.67 bits per heavy atom. The molecule has 1 aliphatic rings. The summed E-state index contributed by atoms with van der Waals surface area (Å²) in [5, 5.41) is 13.4. The van der Waals surface area contributed by atoms with E-state index in [1.807, 2.05) is 13.3 Å². The summed E-state index contributed by atoms with van der Waals surface area (Å²) in [6.45, 7) is 2.18. The molecule has 1 rings (SSSR count). The van der Waals surface area contributed by atoms with E-state index in [2.05, 4.69) is 23.3 Å². The fourth-order valence-corrected chi connectivity index (χ4v) is 2.16. The molecular weight excluding hydrogens is 208 g/mol. The summed E-state index contributed by atoms with van der Waals surface area (Å²) < 4.78 is 0. The van der Waals surface area contributed by atoms with Crippen molar-refractivity contribution in [2.75, 3.05) is 19.9 Å². The molecular formula is C11H18N2OS. The average molecular weight is 226 g/mol. The van der Waals surface area contributed by atoms with Crippen molar-refractivity contribution < 1.29 is 5.11 Å². The Bertz CT molecular complexity index is 308. The monoisotopic (exact) mass is 226 g/mol. The molecule has 0 saturated carbocycles. The van der Waals surface area contributed by atoms with Crippen LogP contribution in [-0.4, -0.2) is 30.1 Å². The van der Waals surface area contributed by atoms with E-state index in [1.165, 1.54) is 0 Å². The van der Waals surface area contributed by atoms with Crippen LogP contribution in [0.4, 0.5) is 0 Å². The summed E-state index contributed by atoms with van der Waals surface area (Å²) in [5.41, 5.74) is 1.82. The molecule has 1 unspecified atom stereocenters. The molecule has 1 heterocycles. The predicted molar refractivity (Wildman–Crippen MR) is 67.0 cm³/mol. The molecule has 0 aromatic carbocycles. The van der Waals surface area contributed by atoms with Gasteiger partial charge in [0.1, 0.15) is 0 Å². The van der Waals surface area contributed by atoms with Crippen molar-refractivity contribution in [3.8, 4) is 0 Å². The van der Waals surface area contributed by atoms with Gasteiger partial charge in [0.15, 0.2) is 0 Å². The lowest BCUT2D eigenvalue weighted by Gasteiger charge is -2.16. The summed E-state index contributed by atoms with van der Waals surface area (Å²) in [4.78, 5) is 4.41. The minimum absolute atomic E-state index is 0.0201. The molecule has 1 atom stereocenters. The number of thioether (sulfide) groups is 1. The van der Waals surface area contributed by atoms with E-state index in [-0.39, 0.29) is 6.61 Å². The maximum absolute atomic E-state index is 9.21. The summed E-state index contributed by atoms with van der Waals surface area (Å²) in [5.74, 6) is 0.444. The lowest BCUT2D eigenvalue weighted by Crippen LogP contribution is -2.15. The molecule has 2 N–H and O–H groups in total. The van der Waals surface area contributed by atoms with Crippen molar-refractivity contribution in [2.45, 2.75) is 13.3 Å². The van der Waals surface area contributed by atoms with Gasteiger partial charge < -0.3 is 10.4 Å². The van der Waals surface area contributed by atoms with E-state index < -0.39 is 0 Å². The first kappa shape index (κ1) is 12.3. The highest BCUT2D eigenvalue weighted by Gasteiger charge is 2.12. The highest BCUT2D eigenvalue weighted by Crippen LogP contribution is 2.20. The molecule has 0 aliphatic carbocycles. The molecule has 0 bridgehead atoms. The van der Waals surface area contributed by atoms with E-state index in [4.69, 9.17) is 0 Å². The van der Waals surface area contributed by atoms with Crippen LogP contribution in [0.25, 0.3) is 0 Å². The third kappa shape index (κ3) is 3.11. The minimum atomic E-state index is 0.0201. The summed E-state index contributed by atoms with van der Waals surface area (Å²) in [7, 11) is 1.86. The van der Waals surface area contributed by atoms with Gasteiger partial charge in [0, 0.05) is 30.4 Å². The van der Waals surface area contributed by atoms with E-state index in [9.17, 15) is 5.11 Å². The first-order valence-electron chi connectivity index (χ1n) is 5.02. The summed E-state index contributed by atoms with van der Waals surface area (Å²) in [6, 6.07) is 0. The van der Waals surface area contributed by atoms with E-state index in [0.717, 1.165) is 22.7 Å². The van der Waals surface area contributed by atoms with Gasteiger partial charge in [0.2, 0.25) is 0 Å². The van der Waals surface area contributed by atoms with Crippen molar-refractivity contribution in [1.29, 1.82) is 0 Å². The molecule has 15 heavy (non-hydrogen) atoms. The predicted octanol–water partition coefficient (Wildman–Crippen LogP) is 1.77. The van der Waals surface area contributed by atoms with Crippen LogP contribution in [0.1, 0.15) is 13.3 Å². The highest BCUT2D eigenvalue weighted by atomic mass is 32.2. The summed E-state index contributed by atoms with van der Waals surface area (Å²) >= 11 is 1.67. The summed E-state index contributed by atoms with van der Waals surface area (Å²) in [6.07, 6.45) is 6.86. The zero-order chi connectivity index (χ0) is 11.3. The third-order valence-corrected chi connectivity index (χ3v) is 3.37. The standard InChI is InChI=1S/C11H18N2OS/c1-8-4-5-10(12-2)9(7-14)6-13-11(8)15-3/h5-6,8,12,14H,4,7H2,1-3H3/b9-6-,10-5-,13-11?. The van der Waals surface area contributed by atoms with Crippen molar-refractivity contribution >= 4 is 16.8 Å². The maximum atomic E-state index is 9.21. The van der Waals surface area contributed by atoms with Crippen LogP contribution in [0, 0.1) is 5.92 Å². The molecule has 4 heteroatoms. The Hall–Kier alpha value is -0.740. The van der Waals surface area contributed by atoms with Crippen molar-refractivity contribution in [1.82, 2.24) is 5.32 Å². The van der Waals surface area contributed by atoms with Gasteiger partial charge in [-0.25, -0.2) is 0 Å². The molecule has 3 nitrogen and oxygen atoms in total. The largest absolute Gasteiger partial charge is 0.392 e. The second-order valence-electron chi connectivity index (χ2n) is 3.49. The number of rotatable bonds is 2. The van der Waals surface area contributed by atoms with Crippen LogP contribution in [0.5, 0.6) is 0 Å². The number of aliphatic hydroxyl groups excluding tert-OH is 1. The Balaban J connectivity index is 3.01. The van der Waals surface area contributed by atoms with Gasteiger partial charge in [0.25, 0.3) is 0 Å². The molecule has 0 radical (unpaired) electrons. The fraction of sp³-hybridized carbons (Fsp3) is 0.545. The third-order valence-electron chi connectivity index (χ3n) is 2.44. The van der Waals surface area contributed by atoms with E-state index >= 15 is 0 Å². The van der Waals surface area contributed by atoms with Crippen molar-refractivity contribution in [3.05, 3.63) is 23.5 Å². The second-order valence-corrected chi connectivity index (χ2v) is 4.31. The number of likely N-dealkylation sites (N-methyl/N-ethyl adjacent to an activating group) is 1. The quantitative estimate of drug-likeness (QED) is 0.754. The van der Waals surface area contributed by atoms with Crippen molar-refractivity contribution in [2.24, 2.45) is 10.9 Å². The lowest BCUT2D eigenvalue weighted by molar-refractivity contribution is 0.332. The second kappa shape index (κ2) is 5.98. The lowest BCUT2D eigenvalue weighted by atomic mass is 10.1. The van der Waals surface area contributed by atoms with Crippen molar-refractivity contribution in [3.63, 3.8) is 0 Å². The van der Waals surface area contributed by atoms with Gasteiger partial charge in [0.05, 0.1) is 11.7 Å². The van der Waals surface area contributed by atoms with Gasteiger partial charge in [-0.1, -0.05) is 13.0 Å². The Kier molecular flexibility index (Phi) is 4.91. The van der Waals surface area contributed by atoms with Gasteiger partial charge >= 0.3 is 0 Å². The molecule has 0 amide bonds. The van der Waals surface area contributed by atoms with E-state index in [0.29, 0.717) is 5.92 Å². The number of allylic oxidation sites excluding steroid dienone is 1. The van der Waals surface area contributed by atoms with Gasteiger partial charge in [-0.3, -0.25) is 4.99 Å². The number of nitrogens with one attached hydrogen (secondary N) is 1. The van der Waals surface area contributed by atoms with Crippen LogP contribution in [0.2, 0.25) is 0 Å².